The summed E-state index contributed by atoms with van der Waals surface area (Å²) in [4.78, 5) is 34.2. The fraction of sp³-hybridized carbons (Fsp3) is 0.391. The van der Waals surface area contributed by atoms with Crippen LogP contribution in [0.2, 0.25) is 0 Å². The third-order valence-corrected chi connectivity index (χ3v) is 5.89. The van der Waals surface area contributed by atoms with Crippen LogP contribution in [-0.2, 0) is 0 Å². The topological polar surface area (TPSA) is 80.0 Å². The molecule has 3 aromatic rings. The Balaban J connectivity index is 1.45. The molecule has 3 heterocycles. The van der Waals surface area contributed by atoms with Crippen LogP contribution in [0.15, 0.2) is 42.9 Å². The number of nitrogens with zero attached hydrogens (tertiary/aromatic N) is 5. The third-order valence-electron chi connectivity index (χ3n) is 5.89. The van der Waals surface area contributed by atoms with Gasteiger partial charge >= 0.3 is 0 Å². The molecular formula is C23H27N5O3. The number of likely N-dealkylation sites (tertiary alicyclic amines) is 1. The van der Waals surface area contributed by atoms with E-state index in [1.165, 1.54) is 0 Å². The van der Waals surface area contributed by atoms with E-state index in [1.54, 1.807) is 41.1 Å². The fourth-order valence-corrected chi connectivity index (χ4v) is 4.08. The Hall–Kier alpha value is -3.42. The molecule has 0 spiro atoms. The van der Waals surface area contributed by atoms with Gasteiger partial charge in [-0.05, 0) is 49.9 Å². The molecule has 162 valence electrons. The summed E-state index contributed by atoms with van der Waals surface area (Å²) in [5.41, 5.74) is 2.67. The second kappa shape index (κ2) is 8.75. The molecule has 1 saturated heterocycles. The summed E-state index contributed by atoms with van der Waals surface area (Å²) in [5, 5.41) is 4.28. The van der Waals surface area contributed by atoms with Gasteiger partial charge in [0.05, 0.1) is 13.3 Å². The zero-order valence-corrected chi connectivity index (χ0v) is 18.1. The van der Waals surface area contributed by atoms with Crippen molar-refractivity contribution >= 4 is 17.5 Å². The summed E-state index contributed by atoms with van der Waals surface area (Å²) >= 11 is 0. The lowest BCUT2D eigenvalue weighted by Crippen LogP contribution is -2.38. The smallest absolute Gasteiger partial charge is 0.259 e. The van der Waals surface area contributed by atoms with E-state index in [9.17, 15) is 9.59 Å². The Bertz CT molecular complexity index is 1110. The first-order valence-corrected chi connectivity index (χ1v) is 10.5. The Morgan fingerprint density at radius 3 is 2.84 bits per heavy atom. The number of aromatic nitrogens is 3. The Labute approximate surface area is 181 Å². The van der Waals surface area contributed by atoms with Crippen molar-refractivity contribution in [1.82, 2.24) is 24.4 Å². The molecule has 1 atom stereocenters. The average Bonchev–Trinajstić information content (AvgIpc) is 3.04. The van der Waals surface area contributed by atoms with Crippen LogP contribution in [-0.4, -0.2) is 69.5 Å². The summed E-state index contributed by atoms with van der Waals surface area (Å²) < 4.78 is 6.88. The molecule has 0 saturated carbocycles. The quantitative estimate of drug-likeness (QED) is 0.647. The van der Waals surface area contributed by atoms with Crippen molar-refractivity contribution < 1.29 is 14.3 Å². The number of ether oxygens (including phenoxy) is 1. The number of carbonyl (C=O) groups excluding carboxylic acids is 2. The van der Waals surface area contributed by atoms with Crippen molar-refractivity contribution in [2.24, 2.45) is 0 Å². The predicted molar refractivity (Wildman–Crippen MR) is 116 cm³/mol. The predicted octanol–water partition coefficient (Wildman–Crippen LogP) is 2.81. The normalized spacial score (nSPS) is 16.7. The van der Waals surface area contributed by atoms with Crippen LogP contribution in [0, 0.1) is 6.92 Å². The van der Waals surface area contributed by atoms with Gasteiger partial charge in [-0.3, -0.25) is 9.59 Å². The molecule has 4 rings (SSSR count). The van der Waals surface area contributed by atoms with Gasteiger partial charge < -0.3 is 14.5 Å². The number of carbonyl (C=O) groups is 2. The van der Waals surface area contributed by atoms with Crippen LogP contribution in [0.4, 0.5) is 0 Å². The van der Waals surface area contributed by atoms with Gasteiger partial charge in [0.2, 0.25) is 0 Å². The van der Waals surface area contributed by atoms with Crippen molar-refractivity contribution in [2.75, 3.05) is 27.2 Å². The number of methoxy groups -OCH3 is 1. The molecule has 2 amide bonds. The van der Waals surface area contributed by atoms with E-state index in [2.05, 4.69) is 10.1 Å². The molecule has 0 bridgehead atoms. The summed E-state index contributed by atoms with van der Waals surface area (Å²) in [6, 6.07) is 7.27. The van der Waals surface area contributed by atoms with Gasteiger partial charge in [0.25, 0.3) is 11.8 Å². The minimum atomic E-state index is -0.0613. The highest BCUT2D eigenvalue weighted by molar-refractivity contribution is 5.99. The zero-order valence-electron chi connectivity index (χ0n) is 18.1. The van der Waals surface area contributed by atoms with Gasteiger partial charge in [0.1, 0.15) is 11.3 Å². The number of aryl methyl sites for hydroxylation is 1. The van der Waals surface area contributed by atoms with Crippen LogP contribution >= 0.6 is 0 Å². The van der Waals surface area contributed by atoms with E-state index < -0.39 is 0 Å². The first kappa shape index (κ1) is 20.8. The molecule has 1 fully saturated rings. The summed E-state index contributed by atoms with van der Waals surface area (Å²) in [6.07, 6.45) is 7.59. The highest BCUT2D eigenvalue weighted by Crippen LogP contribution is 2.22. The van der Waals surface area contributed by atoms with Crippen LogP contribution in [0.25, 0.3) is 5.65 Å². The fourth-order valence-electron chi connectivity index (χ4n) is 4.08. The highest BCUT2D eigenvalue weighted by atomic mass is 16.5. The number of rotatable bonds is 4. The zero-order chi connectivity index (χ0) is 22.0. The molecule has 8 nitrogen and oxygen atoms in total. The standard InChI is InChI=1S/C23H27N5O3/c1-16-13-24-21-20(14-25-28(21)15-16)23(30)27-10-5-7-18(9-11-27)26(2)22(29)17-6-4-8-19(12-17)31-3/h4,6,8,12-15,18H,5,7,9-11H2,1-3H3/t18-/m0/s1. The number of fused-ring (bicyclic) bond motifs is 1. The van der Waals surface area contributed by atoms with Gasteiger partial charge in [-0.2, -0.15) is 5.10 Å². The highest BCUT2D eigenvalue weighted by Gasteiger charge is 2.28. The minimum absolute atomic E-state index is 0.0362. The van der Waals surface area contributed by atoms with Crippen molar-refractivity contribution in [3.8, 4) is 5.75 Å². The Morgan fingerprint density at radius 1 is 1.19 bits per heavy atom. The second-order valence-corrected chi connectivity index (χ2v) is 7.98. The second-order valence-electron chi connectivity index (χ2n) is 7.98. The van der Waals surface area contributed by atoms with Crippen LogP contribution < -0.4 is 4.74 Å². The lowest BCUT2D eigenvalue weighted by Gasteiger charge is -2.27. The average molecular weight is 422 g/mol. The summed E-state index contributed by atoms with van der Waals surface area (Å²) in [6.45, 7) is 3.18. The number of hydrogen-bond acceptors (Lipinski definition) is 5. The molecular weight excluding hydrogens is 394 g/mol. The van der Waals surface area contributed by atoms with Crippen LogP contribution in [0.1, 0.15) is 45.5 Å². The van der Waals surface area contributed by atoms with Gasteiger partial charge in [-0.25, -0.2) is 9.50 Å². The molecule has 0 unspecified atom stereocenters. The molecule has 1 aromatic carbocycles. The van der Waals surface area contributed by atoms with Crippen LogP contribution in [0.3, 0.4) is 0 Å². The van der Waals surface area contributed by atoms with Crippen molar-refractivity contribution in [2.45, 2.75) is 32.2 Å². The van der Waals surface area contributed by atoms with Gasteiger partial charge in [0.15, 0.2) is 5.65 Å². The van der Waals surface area contributed by atoms with E-state index >= 15 is 0 Å². The lowest BCUT2D eigenvalue weighted by atomic mass is 10.1. The van der Waals surface area contributed by atoms with E-state index in [0.717, 1.165) is 24.8 Å². The molecule has 1 aliphatic rings. The molecule has 0 aliphatic carbocycles. The first-order valence-electron chi connectivity index (χ1n) is 10.5. The molecule has 0 N–H and O–H groups in total. The molecule has 2 aromatic heterocycles. The Kier molecular flexibility index (Phi) is 5.88. The van der Waals surface area contributed by atoms with Crippen LogP contribution in [0.5, 0.6) is 5.75 Å². The van der Waals surface area contributed by atoms with Gasteiger partial charge in [0, 0.05) is 44.1 Å². The van der Waals surface area contributed by atoms with Crippen molar-refractivity contribution in [3.63, 3.8) is 0 Å². The molecule has 0 radical (unpaired) electrons. The minimum Gasteiger partial charge on any atom is -0.497 e. The van der Waals surface area contributed by atoms with Crippen molar-refractivity contribution in [1.29, 1.82) is 0 Å². The van der Waals surface area contributed by atoms with E-state index in [4.69, 9.17) is 4.74 Å². The molecule has 31 heavy (non-hydrogen) atoms. The van der Waals surface area contributed by atoms with E-state index in [1.807, 2.05) is 37.2 Å². The lowest BCUT2D eigenvalue weighted by molar-refractivity contribution is 0.0710. The maximum atomic E-state index is 13.2. The maximum Gasteiger partial charge on any atom is 0.259 e. The number of amides is 2. The molecule has 8 heteroatoms. The SMILES string of the molecule is COc1cccc(C(=O)N(C)[C@H]2CCCN(C(=O)c3cnn4cc(C)cnc34)CC2)c1. The van der Waals surface area contributed by atoms with E-state index in [0.29, 0.717) is 35.6 Å². The van der Waals surface area contributed by atoms with Gasteiger partial charge in [-0.15, -0.1) is 0 Å². The monoisotopic (exact) mass is 421 g/mol. The van der Waals surface area contributed by atoms with Crippen molar-refractivity contribution in [3.05, 3.63) is 59.5 Å². The maximum absolute atomic E-state index is 13.2. The van der Waals surface area contributed by atoms with Gasteiger partial charge in [-0.1, -0.05) is 6.07 Å². The number of hydrogen-bond donors (Lipinski definition) is 0. The Morgan fingerprint density at radius 2 is 2.03 bits per heavy atom. The third kappa shape index (κ3) is 4.23. The molecule has 1 aliphatic heterocycles. The summed E-state index contributed by atoms with van der Waals surface area (Å²) in [5.74, 6) is 0.564. The number of benzene rings is 1. The largest absolute Gasteiger partial charge is 0.497 e. The summed E-state index contributed by atoms with van der Waals surface area (Å²) in [7, 11) is 3.42. The first-order chi connectivity index (χ1) is 15.0. The van der Waals surface area contributed by atoms with E-state index in [-0.39, 0.29) is 17.9 Å².